The third-order valence-corrected chi connectivity index (χ3v) is 11.9. The molecule has 4 aliphatic rings. The normalized spacial score (nSPS) is 38.9. The summed E-state index contributed by atoms with van der Waals surface area (Å²) in [7, 11) is 0. The molecule has 0 amide bonds. The van der Waals surface area contributed by atoms with E-state index in [1.165, 1.54) is 20.8 Å². The van der Waals surface area contributed by atoms with Gasteiger partial charge in [-0.25, -0.2) is 0 Å². The Morgan fingerprint density at radius 3 is 2.14 bits per heavy atom. The van der Waals surface area contributed by atoms with Crippen LogP contribution in [0.3, 0.4) is 0 Å². The van der Waals surface area contributed by atoms with E-state index in [-0.39, 0.29) is 101 Å². The van der Waals surface area contributed by atoms with Gasteiger partial charge in [0.2, 0.25) is 0 Å². The molecule has 0 aromatic heterocycles. The highest BCUT2D eigenvalue weighted by atomic mass is 16.6. The van der Waals surface area contributed by atoms with Gasteiger partial charge in [0.15, 0.2) is 0 Å². The second-order valence-corrected chi connectivity index (χ2v) is 14.3. The number of hydrogen-bond acceptors (Lipinski definition) is 9. The Bertz CT molecular complexity index is 1090. The molecule has 0 spiro atoms. The smallest absolute Gasteiger partial charge is 0.313 e. The summed E-state index contributed by atoms with van der Waals surface area (Å²) in [5.41, 5.74) is -0.395. The molecule has 4 aliphatic carbocycles. The van der Waals surface area contributed by atoms with Crippen molar-refractivity contribution in [2.24, 2.45) is 46.3 Å². The van der Waals surface area contributed by atoms with E-state index in [1.807, 2.05) is 0 Å². The van der Waals surface area contributed by atoms with E-state index in [1.54, 1.807) is 6.92 Å². The number of fused-ring (bicyclic) bond motifs is 5. The highest BCUT2D eigenvalue weighted by molar-refractivity contribution is 5.95. The molecular weight excluding hydrogens is 552 g/mol. The fourth-order valence-corrected chi connectivity index (χ4v) is 10.2. The second-order valence-electron chi connectivity index (χ2n) is 14.3. The predicted octanol–water partition coefficient (Wildman–Crippen LogP) is 5.60. The Morgan fingerprint density at radius 2 is 1.51 bits per heavy atom. The van der Waals surface area contributed by atoms with Crippen LogP contribution in [-0.4, -0.2) is 54.6 Å². The average Bonchev–Trinajstić information content (AvgIpc) is 3.26. The minimum absolute atomic E-state index is 0.0546. The highest BCUT2D eigenvalue weighted by Crippen LogP contribution is 2.69. The first-order valence-electron chi connectivity index (χ1n) is 16.4. The molecule has 4 saturated carbocycles. The standard InChI is InChI=1S/C34H52O9/c1-8-40-31(39)17-24(38)10-9-19(2)26-11-12-27-32-28(18-30(34(26,27)7)43-22(5)37)33(6)14-13-25(41-20(3)35)15-23(33)16-29(32)42-21(4)36/h19,23,25-30,32H,8-18H2,1-7H3/t19-,23+,25-,26-,27+,28+,29-,30+,32+,33+,34-/m1/s1. The van der Waals surface area contributed by atoms with Crippen LogP contribution in [0.1, 0.15) is 113 Å². The Kier molecular flexibility index (Phi) is 10.3. The molecule has 4 rings (SSSR count). The number of hydrogen-bond donors (Lipinski definition) is 0. The Labute approximate surface area is 256 Å². The number of rotatable bonds is 10. The molecule has 0 heterocycles. The molecule has 9 heteroatoms. The molecule has 11 atom stereocenters. The van der Waals surface area contributed by atoms with Crippen molar-refractivity contribution in [2.75, 3.05) is 6.61 Å². The van der Waals surface area contributed by atoms with E-state index in [0.717, 1.165) is 38.5 Å². The van der Waals surface area contributed by atoms with Gasteiger partial charge in [-0.2, -0.15) is 0 Å². The molecule has 0 aliphatic heterocycles. The van der Waals surface area contributed by atoms with Gasteiger partial charge < -0.3 is 18.9 Å². The lowest BCUT2D eigenvalue weighted by Gasteiger charge is -2.64. The summed E-state index contributed by atoms with van der Waals surface area (Å²) in [6.45, 7) is 13.2. The van der Waals surface area contributed by atoms with Crippen LogP contribution in [0.15, 0.2) is 0 Å². The Hall–Kier alpha value is -2.45. The lowest BCUT2D eigenvalue weighted by Crippen LogP contribution is -2.63. The summed E-state index contributed by atoms with van der Waals surface area (Å²) in [4.78, 5) is 61.1. The molecule has 0 saturated heterocycles. The SMILES string of the molecule is CCOC(=O)CC(=O)CC[C@@H](C)[C@H]1CC[C@H]2[C@@H]3[C@H](OC(C)=O)C[C@@H]4C[C@H](OC(C)=O)CC[C@]4(C)[C@H]3C[C@H](OC(C)=O)[C@]12C. The maximum absolute atomic E-state index is 12.6. The zero-order valence-corrected chi connectivity index (χ0v) is 27.1. The minimum atomic E-state index is -0.483. The average molecular weight is 605 g/mol. The van der Waals surface area contributed by atoms with Gasteiger partial charge in [-0.05, 0) is 93.3 Å². The van der Waals surface area contributed by atoms with Crippen LogP contribution in [-0.2, 0) is 42.9 Å². The van der Waals surface area contributed by atoms with Gasteiger partial charge >= 0.3 is 23.9 Å². The molecule has 242 valence electrons. The summed E-state index contributed by atoms with van der Waals surface area (Å²) < 4.78 is 22.9. The third kappa shape index (κ3) is 6.80. The van der Waals surface area contributed by atoms with Crippen LogP contribution in [0.4, 0.5) is 0 Å². The predicted molar refractivity (Wildman–Crippen MR) is 157 cm³/mol. The fourth-order valence-electron chi connectivity index (χ4n) is 10.2. The molecule has 9 nitrogen and oxygen atoms in total. The van der Waals surface area contributed by atoms with Gasteiger partial charge in [0.25, 0.3) is 0 Å². The van der Waals surface area contributed by atoms with Crippen molar-refractivity contribution in [3.05, 3.63) is 0 Å². The van der Waals surface area contributed by atoms with Crippen molar-refractivity contribution in [3.8, 4) is 0 Å². The van der Waals surface area contributed by atoms with Crippen LogP contribution in [0, 0.1) is 46.3 Å². The molecule has 0 bridgehead atoms. The van der Waals surface area contributed by atoms with Crippen LogP contribution in [0.25, 0.3) is 0 Å². The second kappa shape index (κ2) is 13.3. The number of ether oxygens (including phenoxy) is 4. The van der Waals surface area contributed by atoms with Crippen molar-refractivity contribution in [1.29, 1.82) is 0 Å². The molecule has 0 aromatic rings. The van der Waals surface area contributed by atoms with Crippen LogP contribution in [0.5, 0.6) is 0 Å². The van der Waals surface area contributed by atoms with Gasteiger partial charge in [0, 0.05) is 38.5 Å². The van der Waals surface area contributed by atoms with Gasteiger partial charge in [-0.15, -0.1) is 0 Å². The van der Waals surface area contributed by atoms with E-state index in [4.69, 9.17) is 18.9 Å². The third-order valence-electron chi connectivity index (χ3n) is 11.9. The molecule has 0 unspecified atom stereocenters. The number of Topliss-reactive ketones (excluding diaryl/α,β-unsaturated/α-hetero) is 1. The first-order chi connectivity index (χ1) is 20.2. The fraction of sp³-hybridized carbons (Fsp3) is 0.853. The van der Waals surface area contributed by atoms with Crippen molar-refractivity contribution in [1.82, 2.24) is 0 Å². The molecule has 43 heavy (non-hydrogen) atoms. The number of esters is 4. The van der Waals surface area contributed by atoms with Crippen LogP contribution < -0.4 is 0 Å². The van der Waals surface area contributed by atoms with Gasteiger partial charge in [0.05, 0.1) is 6.61 Å². The van der Waals surface area contributed by atoms with E-state index in [0.29, 0.717) is 19.3 Å². The van der Waals surface area contributed by atoms with Crippen LogP contribution in [0.2, 0.25) is 0 Å². The first-order valence-corrected chi connectivity index (χ1v) is 16.4. The Morgan fingerprint density at radius 1 is 0.837 bits per heavy atom. The zero-order valence-electron chi connectivity index (χ0n) is 27.1. The zero-order chi connectivity index (χ0) is 31.7. The summed E-state index contributed by atoms with van der Waals surface area (Å²) in [5.74, 6) is -0.325. The molecule has 0 radical (unpaired) electrons. The molecule has 4 fully saturated rings. The van der Waals surface area contributed by atoms with Crippen molar-refractivity contribution in [2.45, 2.75) is 131 Å². The summed E-state index contributed by atoms with van der Waals surface area (Å²) in [6.07, 6.45) is 5.85. The molecular formula is C34H52O9. The van der Waals surface area contributed by atoms with Crippen molar-refractivity contribution < 1.29 is 42.9 Å². The summed E-state index contributed by atoms with van der Waals surface area (Å²) in [6, 6.07) is 0. The first kappa shape index (κ1) is 33.4. The maximum Gasteiger partial charge on any atom is 0.313 e. The Balaban J connectivity index is 1.62. The van der Waals surface area contributed by atoms with E-state index in [2.05, 4.69) is 20.8 Å². The topological polar surface area (TPSA) is 122 Å². The van der Waals surface area contributed by atoms with Crippen molar-refractivity contribution >= 4 is 29.7 Å². The molecule has 0 N–H and O–H groups in total. The largest absolute Gasteiger partial charge is 0.466 e. The number of carbonyl (C=O) groups excluding carboxylic acids is 5. The highest BCUT2D eigenvalue weighted by Gasteiger charge is 2.67. The van der Waals surface area contributed by atoms with Gasteiger partial charge in [-0.1, -0.05) is 20.8 Å². The van der Waals surface area contributed by atoms with Crippen molar-refractivity contribution in [3.63, 3.8) is 0 Å². The van der Waals surface area contributed by atoms with Gasteiger partial charge in [-0.3, -0.25) is 24.0 Å². The lowest BCUT2D eigenvalue weighted by molar-refractivity contribution is -0.224. The van der Waals surface area contributed by atoms with E-state index < -0.39 is 5.97 Å². The number of carbonyl (C=O) groups is 5. The monoisotopic (exact) mass is 604 g/mol. The van der Waals surface area contributed by atoms with Crippen LogP contribution >= 0.6 is 0 Å². The van der Waals surface area contributed by atoms with E-state index >= 15 is 0 Å². The summed E-state index contributed by atoms with van der Waals surface area (Å²) in [5, 5.41) is 0. The van der Waals surface area contributed by atoms with E-state index in [9.17, 15) is 24.0 Å². The summed E-state index contributed by atoms with van der Waals surface area (Å²) >= 11 is 0. The lowest BCUT2D eigenvalue weighted by atomic mass is 9.43. The quantitative estimate of drug-likeness (QED) is 0.178. The minimum Gasteiger partial charge on any atom is -0.466 e. The number of ketones is 1. The molecule has 0 aromatic carbocycles. The van der Waals surface area contributed by atoms with Gasteiger partial charge in [0.1, 0.15) is 30.5 Å². The maximum atomic E-state index is 12.6.